The Bertz CT molecular complexity index is 844. The summed E-state index contributed by atoms with van der Waals surface area (Å²) in [6.45, 7) is 0.525. The van der Waals surface area contributed by atoms with Gasteiger partial charge in [-0.1, -0.05) is 0 Å². The Labute approximate surface area is 137 Å². The van der Waals surface area contributed by atoms with E-state index in [1.54, 1.807) is 36.1 Å². The molecule has 0 aliphatic carbocycles. The van der Waals surface area contributed by atoms with Crippen molar-refractivity contribution in [2.45, 2.75) is 12.5 Å². The lowest BCUT2D eigenvalue weighted by molar-refractivity contribution is -0.139. The number of hydrogen-bond donors (Lipinski definition) is 1. The van der Waals surface area contributed by atoms with Crippen molar-refractivity contribution in [3.8, 4) is 11.5 Å². The van der Waals surface area contributed by atoms with Gasteiger partial charge in [-0.15, -0.1) is 0 Å². The van der Waals surface area contributed by atoms with Gasteiger partial charge in [0, 0.05) is 19.2 Å². The maximum absolute atomic E-state index is 12.8. The molecule has 0 spiro atoms. The van der Waals surface area contributed by atoms with Gasteiger partial charge in [-0.2, -0.15) is 0 Å². The van der Waals surface area contributed by atoms with Gasteiger partial charge in [0.15, 0.2) is 11.5 Å². The number of imidazole rings is 1. The molecule has 24 heavy (non-hydrogen) atoms. The van der Waals surface area contributed by atoms with Gasteiger partial charge in [0.1, 0.15) is 5.92 Å². The van der Waals surface area contributed by atoms with Gasteiger partial charge in [-0.3, -0.25) is 9.59 Å². The fourth-order valence-corrected chi connectivity index (χ4v) is 3.17. The van der Waals surface area contributed by atoms with E-state index >= 15 is 0 Å². The molecule has 2 aliphatic heterocycles. The lowest BCUT2D eigenvalue weighted by Crippen LogP contribution is -2.41. The van der Waals surface area contributed by atoms with Gasteiger partial charge < -0.3 is 24.0 Å². The van der Waals surface area contributed by atoms with Crippen LogP contribution in [0.3, 0.4) is 0 Å². The van der Waals surface area contributed by atoms with Crippen molar-refractivity contribution in [3.05, 3.63) is 41.5 Å². The molecule has 8 heteroatoms. The van der Waals surface area contributed by atoms with Crippen molar-refractivity contribution in [2.75, 3.05) is 13.3 Å². The summed E-state index contributed by atoms with van der Waals surface area (Å²) in [4.78, 5) is 30.1. The molecule has 124 valence electrons. The van der Waals surface area contributed by atoms with Crippen molar-refractivity contribution in [2.24, 2.45) is 7.05 Å². The van der Waals surface area contributed by atoms with E-state index in [2.05, 4.69) is 4.98 Å². The zero-order valence-electron chi connectivity index (χ0n) is 12.9. The smallest absolute Gasteiger partial charge is 0.314 e. The monoisotopic (exact) mass is 329 g/mol. The summed E-state index contributed by atoms with van der Waals surface area (Å²) in [5.41, 5.74) is 1.70. The molecule has 1 atom stereocenters. The average Bonchev–Trinajstić information content (AvgIpc) is 3.19. The number of carbonyl (C=O) groups is 2. The highest BCUT2D eigenvalue weighted by Crippen LogP contribution is 2.34. The van der Waals surface area contributed by atoms with Crippen molar-refractivity contribution in [1.82, 2.24) is 14.5 Å². The largest absolute Gasteiger partial charge is 0.481 e. The summed E-state index contributed by atoms with van der Waals surface area (Å²) in [6.07, 6.45) is 1.58. The fraction of sp³-hybridized carbons (Fsp3) is 0.312. The van der Waals surface area contributed by atoms with Crippen molar-refractivity contribution < 1.29 is 24.2 Å². The Balaban J connectivity index is 1.65. The predicted octanol–water partition coefficient (Wildman–Crippen LogP) is 0.973. The molecule has 1 aromatic heterocycles. The molecule has 0 bridgehead atoms. The van der Waals surface area contributed by atoms with Crippen LogP contribution in [0, 0.1) is 0 Å². The average molecular weight is 329 g/mol. The van der Waals surface area contributed by atoms with Gasteiger partial charge in [0.05, 0.1) is 24.3 Å². The van der Waals surface area contributed by atoms with Crippen molar-refractivity contribution >= 4 is 11.9 Å². The molecule has 0 radical (unpaired) electrons. The predicted molar refractivity (Wildman–Crippen MR) is 80.9 cm³/mol. The Morgan fingerprint density at radius 3 is 2.88 bits per heavy atom. The number of aromatic nitrogens is 2. The number of carbonyl (C=O) groups excluding carboxylic acids is 1. The summed E-state index contributed by atoms with van der Waals surface area (Å²) in [5, 5.41) is 9.51. The van der Waals surface area contributed by atoms with E-state index < -0.39 is 11.9 Å². The Kier molecular flexibility index (Phi) is 3.19. The molecule has 4 rings (SSSR count). The zero-order valence-corrected chi connectivity index (χ0v) is 12.9. The Hall–Kier alpha value is -3.03. The standard InChI is InChI=1S/C16H15N3O5/c1-18-7-17-11-6-19(5-10(14(11)18)16(21)22)15(20)9-2-3-12-13(4-9)24-8-23-12/h2-4,7,10H,5-6,8H2,1H3,(H,21,22)/t10-/m0/s1. The molecular formula is C16H15N3O5. The van der Waals surface area contributed by atoms with Crippen LogP contribution in [-0.4, -0.2) is 44.8 Å². The molecule has 2 aromatic rings. The number of nitrogens with zero attached hydrogens (tertiary/aromatic N) is 3. The molecule has 2 aliphatic rings. The maximum Gasteiger partial charge on any atom is 0.314 e. The molecule has 0 saturated carbocycles. The van der Waals surface area contributed by atoms with E-state index in [9.17, 15) is 14.7 Å². The first-order valence-electron chi connectivity index (χ1n) is 7.46. The number of ether oxygens (including phenoxy) is 2. The molecule has 1 amide bonds. The van der Waals surface area contributed by atoms with Gasteiger partial charge >= 0.3 is 5.97 Å². The summed E-state index contributed by atoms with van der Waals surface area (Å²) < 4.78 is 12.2. The normalized spacial score (nSPS) is 18.4. The van der Waals surface area contributed by atoms with E-state index in [0.29, 0.717) is 28.5 Å². The highest BCUT2D eigenvalue weighted by Gasteiger charge is 2.36. The first-order chi connectivity index (χ1) is 11.5. The number of hydrogen-bond acceptors (Lipinski definition) is 5. The molecule has 3 heterocycles. The van der Waals surface area contributed by atoms with Gasteiger partial charge in [0.2, 0.25) is 6.79 Å². The van der Waals surface area contributed by atoms with Crippen LogP contribution in [0.4, 0.5) is 0 Å². The molecule has 1 N–H and O–H groups in total. The molecule has 0 fully saturated rings. The lowest BCUT2D eigenvalue weighted by atomic mass is 9.97. The van der Waals surface area contributed by atoms with Crippen LogP contribution in [0.15, 0.2) is 24.5 Å². The number of carboxylic acids is 1. The fourth-order valence-electron chi connectivity index (χ4n) is 3.17. The number of aliphatic carboxylic acids is 1. The van der Waals surface area contributed by atoms with Crippen molar-refractivity contribution in [3.63, 3.8) is 0 Å². The maximum atomic E-state index is 12.8. The number of benzene rings is 1. The van der Waals surface area contributed by atoms with E-state index in [1.807, 2.05) is 0 Å². The highest BCUT2D eigenvalue weighted by molar-refractivity contribution is 5.95. The summed E-state index contributed by atoms with van der Waals surface area (Å²) in [6, 6.07) is 4.95. The van der Waals surface area contributed by atoms with Crippen LogP contribution in [0.25, 0.3) is 0 Å². The number of amides is 1. The van der Waals surface area contributed by atoms with Gasteiger partial charge in [0.25, 0.3) is 5.91 Å². The van der Waals surface area contributed by atoms with Gasteiger partial charge in [-0.05, 0) is 18.2 Å². The first kappa shape index (κ1) is 14.6. The quantitative estimate of drug-likeness (QED) is 0.882. The second kappa shape index (κ2) is 5.26. The zero-order chi connectivity index (χ0) is 16.8. The first-order valence-corrected chi connectivity index (χ1v) is 7.46. The number of fused-ring (bicyclic) bond motifs is 2. The number of carboxylic acid groups (broad SMARTS) is 1. The Morgan fingerprint density at radius 1 is 1.29 bits per heavy atom. The highest BCUT2D eigenvalue weighted by atomic mass is 16.7. The molecule has 1 aromatic carbocycles. The third-order valence-corrected chi connectivity index (χ3v) is 4.34. The second-order valence-corrected chi connectivity index (χ2v) is 5.83. The van der Waals surface area contributed by atoms with E-state index in [1.165, 1.54) is 4.90 Å². The summed E-state index contributed by atoms with van der Waals surface area (Å²) in [7, 11) is 1.76. The lowest BCUT2D eigenvalue weighted by Gasteiger charge is -2.31. The van der Waals surface area contributed by atoms with E-state index in [-0.39, 0.29) is 25.8 Å². The van der Waals surface area contributed by atoms with E-state index in [0.717, 1.165) is 0 Å². The molecule has 0 unspecified atom stereocenters. The Morgan fingerprint density at radius 2 is 2.08 bits per heavy atom. The van der Waals surface area contributed by atoms with Crippen LogP contribution < -0.4 is 9.47 Å². The topological polar surface area (TPSA) is 93.9 Å². The molecule has 0 saturated heterocycles. The molecule has 8 nitrogen and oxygen atoms in total. The minimum atomic E-state index is -0.969. The number of rotatable bonds is 2. The minimum absolute atomic E-state index is 0.106. The SMILES string of the molecule is Cn1cnc2c1[C@@H](C(=O)O)CN(C(=O)c1ccc3c(c1)OCO3)C2. The minimum Gasteiger partial charge on any atom is -0.481 e. The van der Waals surface area contributed by atoms with Crippen LogP contribution in [0.2, 0.25) is 0 Å². The van der Waals surface area contributed by atoms with Crippen LogP contribution in [-0.2, 0) is 18.4 Å². The van der Waals surface area contributed by atoms with Crippen molar-refractivity contribution in [1.29, 1.82) is 0 Å². The summed E-state index contributed by atoms with van der Waals surface area (Å²) in [5.74, 6) is -0.898. The third kappa shape index (κ3) is 2.18. The number of aryl methyl sites for hydroxylation is 1. The summed E-state index contributed by atoms with van der Waals surface area (Å²) >= 11 is 0. The third-order valence-electron chi connectivity index (χ3n) is 4.34. The van der Waals surface area contributed by atoms with Crippen LogP contribution in [0.1, 0.15) is 27.7 Å². The van der Waals surface area contributed by atoms with E-state index in [4.69, 9.17) is 9.47 Å². The van der Waals surface area contributed by atoms with Crippen LogP contribution in [0.5, 0.6) is 11.5 Å². The molecular weight excluding hydrogens is 314 g/mol. The van der Waals surface area contributed by atoms with Crippen LogP contribution >= 0.6 is 0 Å². The van der Waals surface area contributed by atoms with Gasteiger partial charge in [-0.25, -0.2) is 4.98 Å². The second-order valence-electron chi connectivity index (χ2n) is 5.83.